The number of sulfonamides is 1. The molecule has 9 nitrogen and oxygen atoms in total. The lowest BCUT2D eigenvalue weighted by molar-refractivity contribution is -0.121. The van der Waals surface area contributed by atoms with Crippen molar-refractivity contribution in [2.75, 3.05) is 24.3 Å². The van der Waals surface area contributed by atoms with Crippen molar-refractivity contribution >= 4 is 50.3 Å². The number of nitrogens with one attached hydrogen (secondary N) is 1. The van der Waals surface area contributed by atoms with Crippen LogP contribution in [0.4, 0.5) is 5.69 Å². The summed E-state index contributed by atoms with van der Waals surface area (Å²) in [6.45, 7) is 3.80. The molecule has 0 aliphatic carbocycles. The summed E-state index contributed by atoms with van der Waals surface area (Å²) in [5.74, 6) is 0.632. The number of carbonyl (C=O) groups is 1. The molecule has 1 N–H and O–H groups in total. The molecule has 0 saturated heterocycles. The second-order valence-corrected chi connectivity index (χ2v) is 9.54. The van der Waals surface area contributed by atoms with Gasteiger partial charge in [0.1, 0.15) is 22.7 Å². The summed E-state index contributed by atoms with van der Waals surface area (Å²) in [5.41, 5.74) is 3.84. The first kappa shape index (κ1) is 25.3. The predicted octanol–water partition coefficient (Wildman–Crippen LogP) is 3.60. The molecule has 1 aromatic heterocycles. The van der Waals surface area contributed by atoms with Gasteiger partial charge in [-0.05, 0) is 56.3 Å². The van der Waals surface area contributed by atoms with Crippen molar-refractivity contribution in [2.45, 2.75) is 19.9 Å². The molecule has 1 amide bonds. The largest absolute Gasteiger partial charge is 0.497 e. The van der Waals surface area contributed by atoms with E-state index in [-0.39, 0.29) is 5.15 Å². The van der Waals surface area contributed by atoms with Crippen LogP contribution in [-0.2, 0) is 14.8 Å². The number of halogens is 1. The zero-order chi connectivity index (χ0) is 24.9. The number of benzene rings is 2. The third-order valence-corrected chi connectivity index (χ3v) is 6.42. The molecule has 0 saturated carbocycles. The van der Waals surface area contributed by atoms with E-state index >= 15 is 0 Å². The Morgan fingerprint density at radius 1 is 1.21 bits per heavy atom. The Morgan fingerprint density at radius 2 is 1.88 bits per heavy atom. The SMILES string of the molecule is CCOc1ccc(N(C(C)C(=O)N/N=C/c2cc3ccc(OC)cc3nc2Cl)S(C)(=O)=O)cc1. The molecule has 2 aromatic carbocycles. The molecule has 11 heteroatoms. The summed E-state index contributed by atoms with van der Waals surface area (Å²) in [6, 6.07) is 12.5. The van der Waals surface area contributed by atoms with Crippen molar-refractivity contribution in [1.29, 1.82) is 0 Å². The fourth-order valence-corrected chi connectivity index (χ4v) is 4.65. The Kier molecular flexibility index (Phi) is 7.95. The van der Waals surface area contributed by atoms with Crippen molar-refractivity contribution in [3.63, 3.8) is 0 Å². The average molecular weight is 505 g/mol. The second kappa shape index (κ2) is 10.7. The quantitative estimate of drug-likeness (QED) is 0.271. The topological polar surface area (TPSA) is 110 Å². The summed E-state index contributed by atoms with van der Waals surface area (Å²) in [4.78, 5) is 17.0. The molecule has 1 unspecified atom stereocenters. The molecule has 1 heterocycles. The van der Waals surface area contributed by atoms with E-state index in [1.165, 1.54) is 13.1 Å². The normalized spacial score (nSPS) is 12.5. The summed E-state index contributed by atoms with van der Waals surface area (Å²) < 4.78 is 36.5. The summed E-state index contributed by atoms with van der Waals surface area (Å²) in [5, 5.41) is 4.95. The molecule has 180 valence electrons. The maximum atomic E-state index is 12.7. The van der Waals surface area contributed by atoms with Gasteiger partial charge in [-0.1, -0.05) is 11.6 Å². The number of amides is 1. The monoisotopic (exact) mass is 504 g/mol. The van der Waals surface area contributed by atoms with E-state index in [9.17, 15) is 13.2 Å². The van der Waals surface area contributed by atoms with E-state index in [1.54, 1.807) is 49.6 Å². The summed E-state index contributed by atoms with van der Waals surface area (Å²) in [6.07, 6.45) is 2.39. The molecule has 0 spiro atoms. The van der Waals surface area contributed by atoms with Crippen molar-refractivity contribution in [2.24, 2.45) is 5.10 Å². The standard InChI is InChI=1S/C23H25ClN4O5S/c1-5-33-19-10-7-18(8-11-19)28(34(4,30)31)15(2)23(29)27-25-14-17-12-16-6-9-20(32-3)13-21(16)26-22(17)24/h6-15H,5H2,1-4H3,(H,27,29)/b25-14+. The number of methoxy groups -OCH3 is 1. The fraction of sp³-hybridized carbons (Fsp3) is 0.261. The highest BCUT2D eigenvalue weighted by Gasteiger charge is 2.29. The van der Waals surface area contributed by atoms with Gasteiger partial charge < -0.3 is 9.47 Å². The molecule has 34 heavy (non-hydrogen) atoms. The molecule has 0 radical (unpaired) electrons. The van der Waals surface area contributed by atoms with Gasteiger partial charge in [-0.2, -0.15) is 5.10 Å². The number of rotatable bonds is 9. The first-order valence-electron chi connectivity index (χ1n) is 10.3. The van der Waals surface area contributed by atoms with Gasteiger partial charge in [0.15, 0.2) is 0 Å². The number of carbonyl (C=O) groups excluding carboxylic acids is 1. The molecule has 0 aliphatic heterocycles. The van der Waals surface area contributed by atoms with Gasteiger partial charge in [0, 0.05) is 17.0 Å². The van der Waals surface area contributed by atoms with Gasteiger partial charge in [0.2, 0.25) is 10.0 Å². The van der Waals surface area contributed by atoms with E-state index < -0.39 is 22.0 Å². The number of nitrogens with zero attached hydrogens (tertiary/aromatic N) is 3. The molecule has 0 bridgehead atoms. The number of anilines is 1. The third kappa shape index (κ3) is 5.95. The van der Waals surface area contributed by atoms with Gasteiger partial charge in [0.05, 0.1) is 37.4 Å². The van der Waals surface area contributed by atoms with Crippen LogP contribution in [0.5, 0.6) is 11.5 Å². The highest BCUT2D eigenvalue weighted by Crippen LogP contribution is 2.25. The first-order valence-corrected chi connectivity index (χ1v) is 12.6. The van der Waals surface area contributed by atoms with Gasteiger partial charge in [0.25, 0.3) is 5.91 Å². The molecule has 1 atom stereocenters. The van der Waals surface area contributed by atoms with Gasteiger partial charge in [-0.15, -0.1) is 0 Å². The summed E-state index contributed by atoms with van der Waals surface area (Å²) in [7, 11) is -2.20. The van der Waals surface area contributed by atoms with Gasteiger partial charge in [-0.25, -0.2) is 18.8 Å². The lowest BCUT2D eigenvalue weighted by atomic mass is 10.1. The van der Waals surface area contributed by atoms with E-state index in [2.05, 4.69) is 15.5 Å². The molecule has 3 rings (SSSR count). The van der Waals surface area contributed by atoms with Crippen LogP contribution in [0.1, 0.15) is 19.4 Å². The van der Waals surface area contributed by atoms with Crippen molar-refractivity contribution in [1.82, 2.24) is 10.4 Å². The van der Waals surface area contributed by atoms with Crippen molar-refractivity contribution < 1.29 is 22.7 Å². The minimum absolute atomic E-state index is 0.193. The molecular weight excluding hydrogens is 480 g/mol. The number of aromatic nitrogens is 1. The Labute approximate surface area is 203 Å². The fourth-order valence-electron chi connectivity index (χ4n) is 3.28. The van der Waals surface area contributed by atoms with E-state index in [4.69, 9.17) is 21.1 Å². The highest BCUT2D eigenvalue weighted by atomic mass is 35.5. The smallest absolute Gasteiger partial charge is 0.263 e. The first-order chi connectivity index (χ1) is 16.1. The Balaban J connectivity index is 1.77. The number of hydrogen-bond donors (Lipinski definition) is 1. The highest BCUT2D eigenvalue weighted by molar-refractivity contribution is 7.92. The zero-order valence-corrected chi connectivity index (χ0v) is 20.7. The number of fused-ring (bicyclic) bond motifs is 1. The van der Waals surface area contributed by atoms with E-state index in [0.29, 0.717) is 34.9 Å². The van der Waals surface area contributed by atoms with Crippen LogP contribution in [0.3, 0.4) is 0 Å². The maximum absolute atomic E-state index is 12.7. The lowest BCUT2D eigenvalue weighted by Crippen LogP contribution is -2.46. The third-order valence-electron chi connectivity index (χ3n) is 4.87. The van der Waals surface area contributed by atoms with Crippen LogP contribution in [0.15, 0.2) is 53.6 Å². The van der Waals surface area contributed by atoms with E-state index in [1.807, 2.05) is 13.0 Å². The second-order valence-electron chi connectivity index (χ2n) is 7.32. The summed E-state index contributed by atoms with van der Waals surface area (Å²) >= 11 is 6.25. The Morgan fingerprint density at radius 3 is 2.50 bits per heavy atom. The van der Waals surface area contributed by atoms with Crippen LogP contribution >= 0.6 is 11.6 Å². The Bertz CT molecular complexity index is 1310. The van der Waals surface area contributed by atoms with E-state index in [0.717, 1.165) is 15.9 Å². The van der Waals surface area contributed by atoms with Gasteiger partial charge in [-0.3, -0.25) is 9.10 Å². The molecular formula is C23H25ClN4O5S. The van der Waals surface area contributed by atoms with Crippen LogP contribution in [0.2, 0.25) is 5.15 Å². The van der Waals surface area contributed by atoms with Crippen molar-refractivity contribution in [3.05, 3.63) is 59.2 Å². The van der Waals surface area contributed by atoms with Gasteiger partial charge >= 0.3 is 0 Å². The molecule has 0 aliphatic rings. The van der Waals surface area contributed by atoms with Crippen molar-refractivity contribution in [3.8, 4) is 11.5 Å². The molecule has 3 aromatic rings. The average Bonchev–Trinajstić information content (AvgIpc) is 2.79. The predicted molar refractivity (Wildman–Crippen MR) is 133 cm³/mol. The minimum Gasteiger partial charge on any atom is -0.497 e. The molecule has 0 fully saturated rings. The number of pyridine rings is 1. The number of hydrazone groups is 1. The number of hydrogen-bond acceptors (Lipinski definition) is 7. The van der Waals surface area contributed by atoms with Crippen LogP contribution in [0.25, 0.3) is 10.9 Å². The number of ether oxygens (including phenoxy) is 2. The zero-order valence-electron chi connectivity index (χ0n) is 19.1. The minimum atomic E-state index is -3.76. The Hall–Kier alpha value is -3.37. The van der Waals surface area contributed by atoms with Crippen LogP contribution < -0.4 is 19.2 Å². The van der Waals surface area contributed by atoms with Crippen LogP contribution in [-0.4, -0.2) is 51.5 Å². The maximum Gasteiger partial charge on any atom is 0.263 e. The van der Waals surface area contributed by atoms with Crippen LogP contribution in [0, 0.1) is 0 Å². The lowest BCUT2D eigenvalue weighted by Gasteiger charge is -2.27.